The monoisotopic (exact) mass is 355 g/mol. The first kappa shape index (κ1) is 17.5. The Morgan fingerprint density at radius 1 is 1.44 bits per heavy atom. The molecule has 1 saturated heterocycles. The van der Waals surface area contributed by atoms with E-state index in [-0.39, 0.29) is 18.5 Å². The molecule has 0 saturated carbocycles. The van der Waals surface area contributed by atoms with Gasteiger partial charge in [-0.1, -0.05) is 6.92 Å². The number of amides is 1. The molecule has 1 aliphatic heterocycles. The van der Waals surface area contributed by atoms with E-state index >= 15 is 0 Å². The summed E-state index contributed by atoms with van der Waals surface area (Å²) in [6.07, 6.45) is -2.02. The van der Waals surface area contributed by atoms with Gasteiger partial charge in [0.2, 0.25) is 5.91 Å². The number of anilines is 1. The summed E-state index contributed by atoms with van der Waals surface area (Å²) >= 11 is 0. The van der Waals surface area contributed by atoms with E-state index in [1.54, 1.807) is 6.20 Å². The zero-order chi connectivity index (χ0) is 18.2. The highest BCUT2D eigenvalue weighted by Gasteiger charge is 2.37. The second-order valence-electron chi connectivity index (χ2n) is 6.51. The molecule has 2 aromatic rings. The molecule has 136 valence electrons. The van der Waals surface area contributed by atoms with Gasteiger partial charge in [0.25, 0.3) is 0 Å². The van der Waals surface area contributed by atoms with E-state index in [2.05, 4.69) is 15.0 Å². The van der Waals surface area contributed by atoms with Crippen molar-refractivity contribution in [3.63, 3.8) is 0 Å². The van der Waals surface area contributed by atoms with E-state index < -0.39 is 18.5 Å². The summed E-state index contributed by atoms with van der Waals surface area (Å²) < 4.78 is 37.6. The molecule has 0 aromatic carbocycles. The molecule has 1 aliphatic rings. The van der Waals surface area contributed by atoms with E-state index in [0.717, 1.165) is 5.39 Å². The zero-order valence-electron chi connectivity index (χ0n) is 14.0. The smallest absolute Gasteiger partial charge is 0.354 e. The number of likely N-dealkylation sites (tertiary alicyclic amines) is 1. The largest absolute Gasteiger partial charge is 0.397 e. The number of halogens is 3. The first-order valence-corrected chi connectivity index (χ1v) is 8.11. The van der Waals surface area contributed by atoms with Crippen molar-refractivity contribution >= 4 is 22.8 Å². The number of nitrogens with one attached hydrogen (secondary N) is 1. The van der Waals surface area contributed by atoms with Crippen LogP contribution in [0.1, 0.15) is 19.8 Å². The lowest BCUT2D eigenvalue weighted by Crippen LogP contribution is -2.53. The lowest BCUT2D eigenvalue weighted by Gasteiger charge is -2.42. The third-order valence-electron chi connectivity index (χ3n) is 4.79. The highest BCUT2D eigenvalue weighted by Crippen LogP contribution is 2.29. The first-order chi connectivity index (χ1) is 11.8. The molecule has 3 rings (SSSR count). The Balaban J connectivity index is 1.80. The molecule has 1 amide bonds. The van der Waals surface area contributed by atoms with Crippen LogP contribution in [-0.4, -0.2) is 58.1 Å². The number of alkyl halides is 3. The van der Waals surface area contributed by atoms with Gasteiger partial charge in [0.05, 0.1) is 11.4 Å². The third-order valence-corrected chi connectivity index (χ3v) is 4.79. The Bertz CT molecular complexity index is 760. The molecule has 0 spiro atoms. The van der Waals surface area contributed by atoms with Crippen LogP contribution in [0.2, 0.25) is 0 Å². The summed E-state index contributed by atoms with van der Waals surface area (Å²) in [5.41, 5.74) is 0.699. The van der Waals surface area contributed by atoms with Gasteiger partial charge < -0.3 is 14.8 Å². The predicted octanol–water partition coefficient (Wildman–Crippen LogP) is 2.58. The number of piperidine rings is 1. The summed E-state index contributed by atoms with van der Waals surface area (Å²) in [4.78, 5) is 26.7. The van der Waals surface area contributed by atoms with E-state index in [9.17, 15) is 18.0 Å². The highest BCUT2D eigenvalue weighted by atomic mass is 19.4. The van der Waals surface area contributed by atoms with Crippen LogP contribution >= 0.6 is 0 Å². The van der Waals surface area contributed by atoms with Crippen LogP contribution in [0.5, 0.6) is 0 Å². The van der Waals surface area contributed by atoms with Crippen molar-refractivity contribution < 1.29 is 18.0 Å². The quantitative estimate of drug-likeness (QED) is 0.919. The lowest BCUT2D eigenvalue weighted by molar-refractivity contribution is -0.162. The number of rotatable bonds is 3. The molecule has 6 nitrogen and oxygen atoms in total. The number of hydrogen-bond donors (Lipinski definition) is 1. The van der Waals surface area contributed by atoms with Crippen LogP contribution in [0, 0.1) is 5.92 Å². The molecule has 2 atom stereocenters. The van der Waals surface area contributed by atoms with Crippen LogP contribution in [0.15, 0.2) is 18.6 Å². The number of fused-ring (bicyclic) bond motifs is 1. The minimum Gasteiger partial charge on any atom is -0.354 e. The molecule has 0 aliphatic carbocycles. The molecule has 0 radical (unpaired) electrons. The predicted molar refractivity (Wildman–Crippen MR) is 87.1 cm³/mol. The van der Waals surface area contributed by atoms with Gasteiger partial charge in [0.1, 0.15) is 24.2 Å². The standard InChI is InChI=1S/C16H20F3N5O/c1-10-4-6-24(13(25)7-16(17,18)19)8-12(10)23(2)15-11-3-5-20-14(11)21-9-22-15/h3,5,9-10,12H,4,6-8H2,1-2H3,(H,20,21,22)/t10-,12-/m1/s1. The summed E-state index contributed by atoms with van der Waals surface area (Å²) in [5.74, 6) is 0.0596. The molecular formula is C16H20F3N5O. The lowest BCUT2D eigenvalue weighted by atomic mass is 9.92. The zero-order valence-corrected chi connectivity index (χ0v) is 14.0. The van der Waals surface area contributed by atoms with Gasteiger partial charge >= 0.3 is 6.18 Å². The van der Waals surface area contributed by atoms with Crippen molar-refractivity contribution in [1.29, 1.82) is 0 Å². The van der Waals surface area contributed by atoms with Crippen LogP contribution < -0.4 is 4.90 Å². The topological polar surface area (TPSA) is 65.1 Å². The molecular weight excluding hydrogens is 335 g/mol. The molecule has 0 unspecified atom stereocenters. The molecule has 9 heteroatoms. The molecule has 1 fully saturated rings. The van der Waals surface area contributed by atoms with Crippen molar-refractivity contribution in [2.75, 3.05) is 25.0 Å². The van der Waals surface area contributed by atoms with Gasteiger partial charge in [-0.3, -0.25) is 4.79 Å². The Labute approximate surface area is 143 Å². The third kappa shape index (κ3) is 3.69. The van der Waals surface area contributed by atoms with Crippen molar-refractivity contribution in [1.82, 2.24) is 19.9 Å². The van der Waals surface area contributed by atoms with E-state index in [4.69, 9.17) is 0 Å². The van der Waals surface area contributed by atoms with Crippen molar-refractivity contribution in [2.45, 2.75) is 32.0 Å². The SMILES string of the molecule is C[C@@H]1CCN(C(=O)CC(F)(F)F)C[C@H]1N(C)c1ncnc2[nH]ccc12. The van der Waals surface area contributed by atoms with E-state index in [1.807, 2.05) is 24.9 Å². The Morgan fingerprint density at radius 3 is 2.92 bits per heavy atom. The Hall–Kier alpha value is -2.32. The highest BCUT2D eigenvalue weighted by molar-refractivity contribution is 5.87. The summed E-state index contributed by atoms with van der Waals surface area (Å²) in [6, 6.07) is 1.75. The Kier molecular flexibility index (Phi) is 4.57. The maximum Gasteiger partial charge on any atom is 0.397 e. The molecule has 2 aromatic heterocycles. The molecule has 1 N–H and O–H groups in total. The number of carbonyl (C=O) groups is 1. The van der Waals surface area contributed by atoms with E-state index in [1.165, 1.54) is 11.2 Å². The minimum absolute atomic E-state index is 0.112. The number of likely N-dealkylation sites (N-methyl/N-ethyl adjacent to an activating group) is 1. The second kappa shape index (κ2) is 6.53. The number of aromatic nitrogens is 3. The summed E-state index contributed by atoms with van der Waals surface area (Å²) in [5, 5.41) is 0.843. The number of hydrogen-bond acceptors (Lipinski definition) is 4. The van der Waals surface area contributed by atoms with Crippen molar-refractivity contribution in [3.05, 3.63) is 18.6 Å². The first-order valence-electron chi connectivity index (χ1n) is 8.11. The molecule has 25 heavy (non-hydrogen) atoms. The fraction of sp³-hybridized carbons (Fsp3) is 0.562. The van der Waals surface area contributed by atoms with Crippen molar-refractivity contribution in [3.8, 4) is 0 Å². The maximum absolute atomic E-state index is 12.5. The fourth-order valence-electron chi connectivity index (χ4n) is 3.36. The van der Waals surface area contributed by atoms with Crippen LogP contribution in [0.4, 0.5) is 19.0 Å². The molecule has 0 bridgehead atoms. The maximum atomic E-state index is 12.5. The minimum atomic E-state index is -4.48. The number of carbonyl (C=O) groups excluding carboxylic acids is 1. The number of nitrogens with zero attached hydrogens (tertiary/aromatic N) is 4. The normalized spacial score (nSPS) is 21.6. The average Bonchev–Trinajstić information content (AvgIpc) is 3.01. The van der Waals surface area contributed by atoms with Gasteiger partial charge in [-0.25, -0.2) is 9.97 Å². The van der Waals surface area contributed by atoms with E-state index in [0.29, 0.717) is 24.4 Å². The summed E-state index contributed by atoms with van der Waals surface area (Å²) in [7, 11) is 1.85. The van der Waals surface area contributed by atoms with Gasteiger partial charge in [-0.2, -0.15) is 13.2 Å². The number of H-pyrrole nitrogens is 1. The number of aromatic amines is 1. The van der Waals surface area contributed by atoms with Gasteiger partial charge in [0.15, 0.2) is 0 Å². The van der Waals surface area contributed by atoms with Crippen LogP contribution in [-0.2, 0) is 4.79 Å². The van der Waals surface area contributed by atoms with Crippen LogP contribution in [0.3, 0.4) is 0 Å². The fourth-order valence-corrected chi connectivity index (χ4v) is 3.36. The van der Waals surface area contributed by atoms with Crippen LogP contribution in [0.25, 0.3) is 11.0 Å². The average molecular weight is 355 g/mol. The van der Waals surface area contributed by atoms with Gasteiger partial charge in [0, 0.05) is 26.3 Å². The van der Waals surface area contributed by atoms with Crippen molar-refractivity contribution in [2.24, 2.45) is 5.92 Å². The van der Waals surface area contributed by atoms with Gasteiger partial charge in [-0.15, -0.1) is 0 Å². The van der Waals surface area contributed by atoms with Gasteiger partial charge in [-0.05, 0) is 18.4 Å². The molecule has 3 heterocycles. The summed E-state index contributed by atoms with van der Waals surface area (Å²) in [6.45, 7) is 2.65. The Morgan fingerprint density at radius 2 is 2.20 bits per heavy atom. The second-order valence-corrected chi connectivity index (χ2v) is 6.51.